The quantitative estimate of drug-likeness (QED) is 0.337. The van der Waals surface area contributed by atoms with Crippen molar-refractivity contribution in [3.05, 3.63) is 59.7 Å². The number of para-hydroxylation sites is 1. The lowest BCUT2D eigenvalue weighted by Gasteiger charge is -2.19. The van der Waals surface area contributed by atoms with Crippen LogP contribution in [-0.2, 0) is 16.1 Å². The van der Waals surface area contributed by atoms with Gasteiger partial charge in [0.2, 0.25) is 5.91 Å². The lowest BCUT2D eigenvalue weighted by Crippen LogP contribution is -2.43. The molecule has 0 aliphatic heterocycles. The maximum absolute atomic E-state index is 13.7. The molecule has 5 N–H and O–H groups in total. The zero-order chi connectivity index (χ0) is 23.6. The second-order valence-corrected chi connectivity index (χ2v) is 8.25. The van der Waals surface area contributed by atoms with Crippen LogP contribution in [0.2, 0.25) is 0 Å². The third-order valence-electron chi connectivity index (χ3n) is 4.67. The first-order valence-corrected chi connectivity index (χ1v) is 11.2. The van der Waals surface area contributed by atoms with Crippen LogP contribution >= 0.6 is 11.3 Å². The van der Waals surface area contributed by atoms with Gasteiger partial charge in [0.25, 0.3) is 0 Å². The number of hydrogen-bond acceptors (Lipinski definition) is 7. The largest absolute Gasteiger partial charge is 0.447 e. The third kappa shape index (κ3) is 7.45. The van der Waals surface area contributed by atoms with Crippen molar-refractivity contribution in [1.82, 2.24) is 15.6 Å². The number of fused-ring (bicyclic) bond motifs is 1. The number of anilines is 1. The van der Waals surface area contributed by atoms with Crippen molar-refractivity contribution < 1.29 is 23.1 Å². The second-order valence-electron chi connectivity index (χ2n) is 7.22. The van der Waals surface area contributed by atoms with Gasteiger partial charge in [-0.3, -0.25) is 10.1 Å². The molecule has 3 aromatic rings. The molecule has 0 bridgehead atoms. The average Bonchev–Trinajstić information content (AvgIpc) is 3.20. The van der Waals surface area contributed by atoms with Gasteiger partial charge in [0, 0.05) is 12.1 Å². The summed E-state index contributed by atoms with van der Waals surface area (Å²) in [5.74, 6) is -2.26. The van der Waals surface area contributed by atoms with E-state index in [0.29, 0.717) is 24.5 Å². The molecule has 0 aliphatic carbocycles. The highest BCUT2D eigenvalue weighted by atomic mass is 32.1. The second kappa shape index (κ2) is 12.2. The summed E-state index contributed by atoms with van der Waals surface area (Å²) in [4.78, 5) is 28.7. The Morgan fingerprint density at radius 3 is 2.76 bits per heavy atom. The number of nitrogens with zero attached hydrogens (tertiary/aromatic N) is 1. The van der Waals surface area contributed by atoms with Crippen molar-refractivity contribution >= 4 is 38.7 Å². The van der Waals surface area contributed by atoms with Crippen LogP contribution < -0.4 is 21.7 Å². The van der Waals surface area contributed by atoms with Crippen molar-refractivity contribution in [2.45, 2.75) is 25.4 Å². The number of benzene rings is 2. The van der Waals surface area contributed by atoms with Crippen LogP contribution in [0.1, 0.15) is 18.4 Å². The summed E-state index contributed by atoms with van der Waals surface area (Å²) in [5.41, 5.74) is 6.45. The van der Waals surface area contributed by atoms with Crippen LogP contribution in [-0.4, -0.2) is 42.7 Å². The Balaban J connectivity index is 1.45. The molecular formula is C22H25F2N5O3S. The molecule has 2 amide bonds. The minimum atomic E-state index is -0.946. The first kappa shape index (κ1) is 24.5. The van der Waals surface area contributed by atoms with E-state index in [-0.39, 0.29) is 31.2 Å². The first-order valence-electron chi connectivity index (χ1n) is 10.4. The van der Waals surface area contributed by atoms with Crippen molar-refractivity contribution in [2.24, 2.45) is 5.73 Å². The number of hydrogen-bond donors (Lipinski definition) is 4. The lowest BCUT2D eigenvalue weighted by atomic mass is 10.1. The van der Waals surface area contributed by atoms with Gasteiger partial charge in [-0.1, -0.05) is 35.6 Å². The van der Waals surface area contributed by atoms with Crippen molar-refractivity contribution in [2.75, 3.05) is 25.0 Å². The van der Waals surface area contributed by atoms with Crippen LogP contribution in [0.3, 0.4) is 0 Å². The molecule has 11 heteroatoms. The van der Waals surface area contributed by atoms with Crippen LogP contribution in [0, 0.1) is 11.6 Å². The number of aromatic nitrogens is 1. The van der Waals surface area contributed by atoms with Gasteiger partial charge in [0.1, 0.15) is 6.61 Å². The fourth-order valence-electron chi connectivity index (χ4n) is 3.06. The Hall–Kier alpha value is -3.15. The van der Waals surface area contributed by atoms with Crippen LogP contribution in [0.4, 0.5) is 18.7 Å². The van der Waals surface area contributed by atoms with Crippen molar-refractivity contribution in [3.63, 3.8) is 0 Å². The summed E-state index contributed by atoms with van der Waals surface area (Å²) in [6.07, 6.45) is 0.450. The Kier molecular flexibility index (Phi) is 9.04. The number of thiazole rings is 1. The smallest absolute Gasteiger partial charge is 0.413 e. The molecule has 0 spiro atoms. The first-order chi connectivity index (χ1) is 16.0. The number of nitrogens with one attached hydrogen (secondary N) is 3. The molecule has 0 aliphatic rings. The molecular weight excluding hydrogens is 452 g/mol. The zero-order valence-electron chi connectivity index (χ0n) is 17.8. The van der Waals surface area contributed by atoms with Crippen LogP contribution in [0.5, 0.6) is 0 Å². The molecule has 0 saturated heterocycles. The number of carbonyl (C=O) groups is 2. The van der Waals surface area contributed by atoms with E-state index >= 15 is 0 Å². The van der Waals surface area contributed by atoms with E-state index in [1.165, 1.54) is 23.5 Å². The summed E-state index contributed by atoms with van der Waals surface area (Å²) < 4.78 is 33.1. The van der Waals surface area contributed by atoms with Gasteiger partial charge in [-0.25, -0.2) is 18.6 Å². The van der Waals surface area contributed by atoms with E-state index in [4.69, 9.17) is 10.5 Å². The third-order valence-corrected chi connectivity index (χ3v) is 5.62. The van der Waals surface area contributed by atoms with Crippen LogP contribution in [0.15, 0.2) is 42.5 Å². The van der Waals surface area contributed by atoms with E-state index in [1.54, 1.807) is 0 Å². The fourth-order valence-corrected chi connectivity index (χ4v) is 3.91. The van der Waals surface area contributed by atoms with Crippen molar-refractivity contribution in [1.29, 1.82) is 0 Å². The van der Waals surface area contributed by atoms with Gasteiger partial charge in [0.05, 0.1) is 22.8 Å². The summed E-state index contributed by atoms with van der Waals surface area (Å²) >= 11 is 1.33. The Morgan fingerprint density at radius 2 is 1.97 bits per heavy atom. The number of halogens is 2. The van der Waals surface area contributed by atoms with Gasteiger partial charge >= 0.3 is 6.09 Å². The highest BCUT2D eigenvalue weighted by Gasteiger charge is 2.16. The van der Waals surface area contributed by atoms with Crippen molar-refractivity contribution in [3.8, 4) is 0 Å². The topological polar surface area (TPSA) is 118 Å². The van der Waals surface area contributed by atoms with E-state index in [2.05, 4.69) is 20.9 Å². The normalized spacial score (nSPS) is 11.8. The lowest BCUT2D eigenvalue weighted by molar-refractivity contribution is -0.121. The molecule has 176 valence electrons. The number of rotatable bonds is 11. The summed E-state index contributed by atoms with van der Waals surface area (Å²) in [6, 6.07) is 10.9. The molecule has 0 unspecified atom stereocenters. The Bertz CT molecular complexity index is 1060. The Morgan fingerprint density at radius 1 is 1.15 bits per heavy atom. The molecule has 0 saturated carbocycles. The Labute approximate surface area is 193 Å². The van der Waals surface area contributed by atoms with Gasteiger partial charge < -0.3 is 21.1 Å². The summed E-state index contributed by atoms with van der Waals surface area (Å²) in [5, 5.41) is 8.54. The standard InChI is InChI=1S/C22H25F2N5O3S/c23-16-7-3-5-14(20(16)24)11-26-12-19(30)27-15(6-4-10-25)13-32-22(31)29-21-28-17-8-1-2-9-18(17)33-21/h1-3,5,7-9,15,26H,4,6,10-13,25H2,(H,27,30)(H,28,29,31)/t15-/m0/s1. The van der Waals surface area contributed by atoms with Gasteiger partial charge in [-0.2, -0.15) is 0 Å². The highest BCUT2D eigenvalue weighted by Crippen LogP contribution is 2.25. The number of carbonyl (C=O) groups excluding carboxylic acids is 2. The number of amides is 2. The number of ether oxygens (including phenoxy) is 1. The predicted octanol–water partition coefficient (Wildman–Crippen LogP) is 3.14. The predicted molar refractivity (Wildman–Crippen MR) is 123 cm³/mol. The molecule has 33 heavy (non-hydrogen) atoms. The monoisotopic (exact) mass is 477 g/mol. The summed E-state index contributed by atoms with van der Waals surface area (Å²) in [6.45, 7) is 0.237. The molecule has 2 aromatic carbocycles. The molecule has 1 heterocycles. The minimum absolute atomic E-state index is 0.00838. The maximum Gasteiger partial charge on any atom is 0.413 e. The summed E-state index contributed by atoms with van der Waals surface area (Å²) in [7, 11) is 0. The van der Waals surface area contributed by atoms with Gasteiger partial charge in [0.15, 0.2) is 16.8 Å². The SMILES string of the molecule is NCCC[C@@H](COC(=O)Nc1nc2ccccc2s1)NC(=O)CNCc1cccc(F)c1F. The van der Waals surface area contributed by atoms with Gasteiger partial charge in [-0.15, -0.1) is 0 Å². The minimum Gasteiger partial charge on any atom is -0.447 e. The number of nitrogens with two attached hydrogens (primary N) is 1. The van der Waals surface area contributed by atoms with E-state index < -0.39 is 23.8 Å². The van der Waals surface area contributed by atoms with E-state index in [9.17, 15) is 18.4 Å². The molecule has 1 atom stereocenters. The molecule has 0 radical (unpaired) electrons. The highest BCUT2D eigenvalue weighted by molar-refractivity contribution is 7.22. The van der Waals surface area contributed by atoms with E-state index in [1.807, 2.05) is 24.3 Å². The molecule has 1 aromatic heterocycles. The fraction of sp³-hybridized carbons (Fsp3) is 0.318. The van der Waals surface area contributed by atoms with Crippen LogP contribution in [0.25, 0.3) is 10.2 Å². The molecule has 8 nitrogen and oxygen atoms in total. The average molecular weight is 478 g/mol. The maximum atomic E-state index is 13.7. The zero-order valence-corrected chi connectivity index (χ0v) is 18.6. The molecule has 0 fully saturated rings. The molecule has 3 rings (SSSR count). The van der Waals surface area contributed by atoms with Gasteiger partial charge in [-0.05, 0) is 37.6 Å². The van der Waals surface area contributed by atoms with E-state index in [0.717, 1.165) is 16.3 Å².